The fourth-order valence-corrected chi connectivity index (χ4v) is 4.45. The molecule has 3 aromatic rings. The van der Waals surface area contributed by atoms with Crippen LogP contribution in [0.4, 0.5) is 24.5 Å². The number of nitro benzene ring substituents is 1. The quantitative estimate of drug-likeness (QED) is 0.456. The van der Waals surface area contributed by atoms with Crippen LogP contribution in [0.3, 0.4) is 0 Å². The number of aromatic nitrogens is 1. The van der Waals surface area contributed by atoms with Gasteiger partial charge in [-0.2, -0.15) is 13.2 Å². The number of piperazine rings is 1. The average molecular weight is 422 g/mol. The largest absolute Gasteiger partial charge is 0.416 e. The first-order chi connectivity index (χ1) is 13.8. The van der Waals surface area contributed by atoms with Crippen molar-refractivity contribution < 1.29 is 18.1 Å². The summed E-state index contributed by atoms with van der Waals surface area (Å²) in [6, 6.07) is 10.6. The molecule has 0 saturated carbocycles. The van der Waals surface area contributed by atoms with Crippen LogP contribution in [0.2, 0.25) is 0 Å². The Morgan fingerprint density at radius 3 is 2.48 bits per heavy atom. The van der Waals surface area contributed by atoms with Gasteiger partial charge in [0.1, 0.15) is 10.7 Å². The van der Waals surface area contributed by atoms with Crippen molar-refractivity contribution in [1.29, 1.82) is 0 Å². The molecule has 0 radical (unpaired) electrons. The molecular weight excluding hydrogens is 405 g/mol. The monoisotopic (exact) mass is 422 g/mol. The number of thiazole rings is 1. The summed E-state index contributed by atoms with van der Waals surface area (Å²) in [5.74, 6) is 0. The van der Waals surface area contributed by atoms with Gasteiger partial charge in [-0.05, 0) is 24.3 Å². The van der Waals surface area contributed by atoms with Crippen LogP contribution in [-0.2, 0) is 12.7 Å². The predicted molar refractivity (Wildman–Crippen MR) is 105 cm³/mol. The number of anilines is 1. The lowest BCUT2D eigenvalue weighted by atomic mass is 10.1. The SMILES string of the molecule is O=[N+]([O-])c1cc(C(F)(F)F)ccc1N1CCN(Cc2nc3ccccc3s2)CC1. The van der Waals surface area contributed by atoms with Gasteiger partial charge in [-0.1, -0.05) is 12.1 Å². The number of nitrogens with zero attached hydrogens (tertiary/aromatic N) is 4. The lowest BCUT2D eigenvalue weighted by Crippen LogP contribution is -2.46. The first kappa shape index (κ1) is 19.6. The van der Waals surface area contributed by atoms with E-state index in [-0.39, 0.29) is 5.69 Å². The summed E-state index contributed by atoms with van der Waals surface area (Å²) >= 11 is 1.64. The third kappa shape index (κ3) is 4.18. The lowest BCUT2D eigenvalue weighted by molar-refractivity contribution is -0.384. The van der Waals surface area contributed by atoms with Crippen molar-refractivity contribution in [3.8, 4) is 0 Å². The van der Waals surface area contributed by atoms with Crippen molar-refractivity contribution in [2.75, 3.05) is 31.1 Å². The van der Waals surface area contributed by atoms with Gasteiger partial charge in [-0.15, -0.1) is 11.3 Å². The van der Waals surface area contributed by atoms with Gasteiger partial charge in [-0.3, -0.25) is 15.0 Å². The van der Waals surface area contributed by atoms with E-state index in [1.807, 2.05) is 24.3 Å². The van der Waals surface area contributed by atoms with E-state index in [1.165, 1.54) is 6.07 Å². The highest BCUT2D eigenvalue weighted by atomic mass is 32.1. The minimum atomic E-state index is -4.61. The summed E-state index contributed by atoms with van der Waals surface area (Å²) < 4.78 is 39.8. The molecule has 2 aromatic carbocycles. The zero-order valence-corrected chi connectivity index (χ0v) is 16.0. The molecule has 2 heterocycles. The number of fused-ring (bicyclic) bond motifs is 1. The van der Waals surface area contributed by atoms with Crippen molar-refractivity contribution >= 4 is 32.9 Å². The van der Waals surface area contributed by atoms with E-state index in [0.29, 0.717) is 38.8 Å². The maximum Gasteiger partial charge on any atom is 0.416 e. The molecule has 0 N–H and O–H groups in total. The minimum Gasteiger partial charge on any atom is -0.363 e. The number of nitro groups is 1. The summed E-state index contributed by atoms with van der Waals surface area (Å²) in [5, 5.41) is 12.3. The lowest BCUT2D eigenvalue weighted by Gasteiger charge is -2.35. The molecule has 0 unspecified atom stereocenters. The number of rotatable bonds is 4. The maximum absolute atomic E-state index is 12.9. The van der Waals surface area contributed by atoms with Crippen molar-refractivity contribution in [2.45, 2.75) is 12.7 Å². The number of halogens is 3. The second-order valence-electron chi connectivity index (χ2n) is 6.80. The van der Waals surface area contributed by atoms with Crippen LogP contribution in [0.5, 0.6) is 0 Å². The van der Waals surface area contributed by atoms with Gasteiger partial charge >= 0.3 is 6.18 Å². The molecule has 0 bridgehead atoms. The van der Waals surface area contributed by atoms with Crippen LogP contribution in [0.15, 0.2) is 42.5 Å². The predicted octanol–water partition coefficient (Wildman–Crippen LogP) is 4.55. The van der Waals surface area contributed by atoms with Crippen LogP contribution in [-0.4, -0.2) is 41.0 Å². The fourth-order valence-electron chi connectivity index (χ4n) is 3.44. The number of para-hydroxylation sites is 1. The highest BCUT2D eigenvalue weighted by molar-refractivity contribution is 7.18. The van der Waals surface area contributed by atoms with Crippen LogP contribution >= 0.6 is 11.3 Å². The summed E-state index contributed by atoms with van der Waals surface area (Å²) in [6.45, 7) is 2.97. The summed E-state index contributed by atoms with van der Waals surface area (Å²) in [5.41, 5.74) is -0.337. The molecule has 0 atom stereocenters. The molecule has 1 aromatic heterocycles. The molecule has 0 spiro atoms. The van der Waals surface area contributed by atoms with E-state index in [2.05, 4.69) is 9.88 Å². The number of benzene rings is 2. The standard InChI is InChI=1S/C19H17F3N4O2S/c20-19(21,22)13-5-6-15(16(11-13)26(27)28)25-9-7-24(8-10-25)12-18-23-14-3-1-2-4-17(14)29-18/h1-6,11H,7-10,12H2. The van der Waals surface area contributed by atoms with Gasteiger partial charge < -0.3 is 4.90 Å². The summed E-state index contributed by atoms with van der Waals surface area (Å²) in [6.07, 6.45) is -4.61. The van der Waals surface area contributed by atoms with Crippen LogP contribution in [0.1, 0.15) is 10.6 Å². The first-order valence-electron chi connectivity index (χ1n) is 8.98. The second kappa shape index (κ2) is 7.60. The van der Waals surface area contributed by atoms with Gasteiger partial charge in [-0.25, -0.2) is 4.98 Å². The second-order valence-corrected chi connectivity index (χ2v) is 7.91. The van der Waals surface area contributed by atoms with Crippen molar-refractivity contribution in [3.63, 3.8) is 0 Å². The van der Waals surface area contributed by atoms with Gasteiger partial charge in [0.2, 0.25) is 0 Å². The molecule has 0 amide bonds. The Hall–Kier alpha value is -2.72. The van der Waals surface area contributed by atoms with Gasteiger partial charge in [0.05, 0.1) is 27.2 Å². The Morgan fingerprint density at radius 1 is 1.10 bits per heavy atom. The topological polar surface area (TPSA) is 62.5 Å². The Labute approximate surface area is 168 Å². The van der Waals surface area contributed by atoms with Crippen LogP contribution < -0.4 is 4.90 Å². The van der Waals surface area contributed by atoms with Crippen LogP contribution in [0.25, 0.3) is 10.2 Å². The Kier molecular flexibility index (Phi) is 5.13. The fraction of sp³-hybridized carbons (Fsp3) is 0.316. The molecule has 4 rings (SSSR count). The molecule has 29 heavy (non-hydrogen) atoms. The molecule has 1 aliphatic rings. The molecule has 1 aliphatic heterocycles. The van der Waals surface area contributed by atoms with Gasteiger partial charge in [0, 0.05) is 32.2 Å². The number of hydrogen-bond acceptors (Lipinski definition) is 6. The molecular formula is C19H17F3N4O2S. The molecule has 10 heteroatoms. The van der Waals surface area contributed by atoms with Crippen molar-refractivity contribution in [2.24, 2.45) is 0 Å². The Balaban J connectivity index is 1.45. The van der Waals surface area contributed by atoms with E-state index in [0.717, 1.165) is 21.3 Å². The van der Waals surface area contributed by atoms with E-state index < -0.39 is 22.4 Å². The number of alkyl halides is 3. The Morgan fingerprint density at radius 2 is 1.83 bits per heavy atom. The summed E-state index contributed by atoms with van der Waals surface area (Å²) in [4.78, 5) is 19.2. The zero-order valence-electron chi connectivity index (χ0n) is 15.2. The van der Waals surface area contributed by atoms with E-state index in [9.17, 15) is 23.3 Å². The smallest absolute Gasteiger partial charge is 0.363 e. The average Bonchev–Trinajstić information content (AvgIpc) is 3.09. The van der Waals surface area contributed by atoms with E-state index >= 15 is 0 Å². The van der Waals surface area contributed by atoms with Crippen molar-refractivity contribution in [1.82, 2.24) is 9.88 Å². The highest BCUT2D eigenvalue weighted by Gasteiger charge is 2.34. The first-order valence-corrected chi connectivity index (χ1v) is 9.80. The van der Waals surface area contributed by atoms with E-state index in [4.69, 9.17) is 0 Å². The van der Waals surface area contributed by atoms with Gasteiger partial charge in [0.15, 0.2) is 0 Å². The summed E-state index contributed by atoms with van der Waals surface area (Å²) in [7, 11) is 0. The molecule has 152 valence electrons. The molecule has 6 nitrogen and oxygen atoms in total. The van der Waals surface area contributed by atoms with E-state index in [1.54, 1.807) is 16.2 Å². The normalized spacial score (nSPS) is 15.8. The highest BCUT2D eigenvalue weighted by Crippen LogP contribution is 2.37. The van der Waals surface area contributed by atoms with Crippen LogP contribution in [0, 0.1) is 10.1 Å². The Bertz CT molecular complexity index is 1010. The minimum absolute atomic E-state index is 0.225. The molecule has 1 saturated heterocycles. The maximum atomic E-state index is 12.9. The molecule has 1 fully saturated rings. The van der Waals surface area contributed by atoms with Gasteiger partial charge in [0.25, 0.3) is 5.69 Å². The van der Waals surface area contributed by atoms with Crippen molar-refractivity contribution in [3.05, 3.63) is 63.1 Å². The third-order valence-electron chi connectivity index (χ3n) is 4.91. The number of hydrogen-bond donors (Lipinski definition) is 0. The zero-order chi connectivity index (χ0) is 20.6. The third-order valence-corrected chi connectivity index (χ3v) is 5.93. The molecule has 0 aliphatic carbocycles.